The Bertz CT molecular complexity index is 686. The van der Waals surface area contributed by atoms with Crippen molar-refractivity contribution in [3.05, 3.63) is 35.4 Å². The molecule has 1 aromatic rings. The van der Waals surface area contributed by atoms with Crippen LogP contribution in [0.3, 0.4) is 0 Å². The predicted octanol–water partition coefficient (Wildman–Crippen LogP) is 1.52. The van der Waals surface area contributed by atoms with E-state index in [1.807, 2.05) is 4.90 Å². The molecule has 6 heteroatoms. The summed E-state index contributed by atoms with van der Waals surface area (Å²) >= 11 is 0. The van der Waals surface area contributed by atoms with Crippen molar-refractivity contribution in [1.29, 1.82) is 0 Å². The Morgan fingerprint density at radius 3 is 2.37 bits per heavy atom. The molecule has 27 heavy (non-hydrogen) atoms. The lowest BCUT2D eigenvalue weighted by molar-refractivity contribution is -0.135. The quantitative estimate of drug-likeness (QED) is 0.853. The van der Waals surface area contributed by atoms with Gasteiger partial charge in [0.15, 0.2) is 0 Å². The van der Waals surface area contributed by atoms with Crippen LogP contribution in [0.25, 0.3) is 0 Å². The van der Waals surface area contributed by atoms with Crippen LogP contribution in [0.2, 0.25) is 0 Å². The molecular formula is C21H29N3O3. The third-order valence-electron chi connectivity index (χ3n) is 5.51. The highest BCUT2D eigenvalue weighted by molar-refractivity contribution is 5.90. The van der Waals surface area contributed by atoms with Crippen LogP contribution in [-0.2, 0) is 27.2 Å². The molecule has 6 nitrogen and oxygen atoms in total. The Morgan fingerprint density at radius 2 is 1.70 bits per heavy atom. The molecule has 1 unspecified atom stereocenters. The Morgan fingerprint density at radius 1 is 1.04 bits per heavy atom. The van der Waals surface area contributed by atoms with Gasteiger partial charge < -0.3 is 15.1 Å². The van der Waals surface area contributed by atoms with Gasteiger partial charge in [-0.1, -0.05) is 31.2 Å². The summed E-state index contributed by atoms with van der Waals surface area (Å²) in [6.45, 7) is 4.58. The van der Waals surface area contributed by atoms with Gasteiger partial charge in [-0.25, -0.2) is 0 Å². The number of aryl methyl sites for hydroxylation is 2. The normalized spacial score (nSPS) is 20.3. The average Bonchev–Trinajstić information content (AvgIpc) is 2.98. The van der Waals surface area contributed by atoms with Crippen molar-refractivity contribution in [2.75, 3.05) is 26.2 Å². The zero-order valence-corrected chi connectivity index (χ0v) is 16.1. The van der Waals surface area contributed by atoms with Crippen molar-refractivity contribution in [2.45, 2.75) is 51.5 Å². The molecule has 0 saturated carbocycles. The monoisotopic (exact) mass is 371 g/mol. The average molecular weight is 371 g/mol. The van der Waals surface area contributed by atoms with Gasteiger partial charge in [-0.2, -0.15) is 0 Å². The topological polar surface area (TPSA) is 69.7 Å². The minimum absolute atomic E-state index is 0.00818. The lowest BCUT2D eigenvalue weighted by Gasteiger charge is -2.24. The summed E-state index contributed by atoms with van der Waals surface area (Å²) in [6, 6.07) is 8.06. The summed E-state index contributed by atoms with van der Waals surface area (Å²) in [5.74, 6) is 0.0937. The summed E-state index contributed by atoms with van der Waals surface area (Å²) in [5, 5.41) is 2.74. The maximum atomic E-state index is 12.6. The molecule has 146 valence electrons. The number of hydrogen-bond donors (Lipinski definition) is 1. The van der Waals surface area contributed by atoms with Crippen LogP contribution >= 0.6 is 0 Å². The lowest BCUT2D eigenvalue weighted by atomic mass is 10.1. The van der Waals surface area contributed by atoms with E-state index in [0.29, 0.717) is 45.4 Å². The van der Waals surface area contributed by atoms with E-state index in [4.69, 9.17) is 0 Å². The molecule has 1 atom stereocenters. The van der Waals surface area contributed by atoms with Gasteiger partial charge in [0.1, 0.15) is 6.04 Å². The number of carbonyl (C=O) groups is 3. The van der Waals surface area contributed by atoms with E-state index in [2.05, 4.69) is 36.5 Å². The molecule has 3 rings (SSSR count). The Labute approximate surface area is 160 Å². The Kier molecular flexibility index (Phi) is 6.48. The van der Waals surface area contributed by atoms with Gasteiger partial charge in [0.05, 0.1) is 0 Å². The molecule has 3 amide bonds. The van der Waals surface area contributed by atoms with Crippen LogP contribution in [0.5, 0.6) is 0 Å². The van der Waals surface area contributed by atoms with E-state index < -0.39 is 0 Å². The van der Waals surface area contributed by atoms with Crippen molar-refractivity contribution in [3.63, 3.8) is 0 Å². The van der Waals surface area contributed by atoms with Crippen LogP contribution in [0.4, 0.5) is 0 Å². The number of nitrogens with one attached hydrogen (secondary N) is 1. The molecule has 2 saturated heterocycles. The predicted molar refractivity (Wildman–Crippen MR) is 103 cm³/mol. The van der Waals surface area contributed by atoms with Crippen molar-refractivity contribution < 1.29 is 14.4 Å². The van der Waals surface area contributed by atoms with Gasteiger partial charge in [0.2, 0.25) is 17.7 Å². The summed E-state index contributed by atoms with van der Waals surface area (Å²) in [6.07, 6.45) is 4.05. The van der Waals surface area contributed by atoms with Gasteiger partial charge in [-0.05, 0) is 36.8 Å². The number of carbonyl (C=O) groups excluding carboxylic acids is 3. The van der Waals surface area contributed by atoms with Gasteiger partial charge in [-0.15, -0.1) is 0 Å². The van der Waals surface area contributed by atoms with E-state index in [1.54, 1.807) is 4.90 Å². The fourth-order valence-electron chi connectivity index (χ4n) is 3.76. The highest BCUT2D eigenvalue weighted by Gasteiger charge is 2.31. The first kappa shape index (κ1) is 19.4. The van der Waals surface area contributed by atoms with E-state index >= 15 is 0 Å². The van der Waals surface area contributed by atoms with Crippen molar-refractivity contribution in [2.24, 2.45) is 0 Å². The number of nitrogens with zero attached hydrogens (tertiary/aromatic N) is 2. The van der Waals surface area contributed by atoms with E-state index in [9.17, 15) is 14.4 Å². The maximum Gasteiger partial charge on any atom is 0.245 e. The smallest absolute Gasteiger partial charge is 0.245 e. The summed E-state index contributed by atoms with van der Waals surface area (Å²) < 4.78 is 0. The molecule has 1 aromatic carbocycles. The number of amides is 3. The molecule has 0 bridgehead atoms. The van der Waals surface area contributed by atoms with Crippen LogP contribution < -0.4 is 5.32 Å². The van der Waals surface area contributed by atoms with Crippen LogP contribution in [0.1, 0.15) is 43.7 Å². The summed E-state index contributed by atoms with van der Waals surface area (Å²) in [4.78, 5) is 40.1. The zero-order valence-electron chi connectivity index (χ0n) is 16.1. The zero-order chi connectivity index (χ0) is 19.2. The summed E-state index contributed by atoms with van der Waals surface area (Å²) in [7, 11) is 0. The number of rotatable bonds is 5. The van der Waals surface area contributed by atoms with Gasteiger partial charge >= 0.3 is 0 Å². The maximum absolute atomic E-state index is 12.6. The molecule has 0 spiro atoms. The van der Waals surface area contributed by atoms with Crippen LogP contribution in [0.15, 0.2) is 24.3 Å². The molecule has 0 aliphatic carbocycles. The molecule has 1 N–H and O–H groups in total. The Balaban J connectivity index is 1.47. The molecule has 2 fully saturated rings. The first-order chi connectivity index (χ1) is 13.1. The third-order valence-corrected chi connectivity index (χ3v) is 5.51. The third kappa shape index (κ3) is 5.08. The lowest BCUT2D eigenvalue weighted by Crippen LogP contribution is -2.46. The van der Waals surface area contributed by atoms with Gasteiger partial charge in [0.25, 0.3) is 0 Å². The fraction of sp³-hybridized carbons (Fsp3) is 0.571. The second-order valence-electron chi connectivity index (χ2n) is 7.39. The number of benzene rings is 1. The molecule has 0 radical (unpaired) electrons. The van der Waals surface area contributed by atoms with Crippen molar-refractivity contribution in [3.8, 4) is 0 Å². The standard InChI is InChI=1S/C21H29N3O3/c1-2-16-4-6-17(7-5-16)8-11-20(26)23-12-3-13-24(15-14-23)21(27)18-9-10-19(25)22-18/h4-7,18H,2-3,8-15H2,1H3,(H,22,25). The summed E-state index contributed by atoms with van der Waals surface area (Å²) in [5.41, 5.74) is 2.49. The highest BCUT2D eigenvalue weighted by atomic mass is 16.2. The van der Waals surface area contributed by atoms with Crippen LogP contribution in [-0.4, -0.2) is 59.7 Å². The van der Waals surface area contributed by atoms with E-state index in [-0.39, 0.29) is 23.8 Å². The minimum atomic E-state index is -0.383. The van der Waals surface area contributed by atoms with Gasteiger partial charge in [-0.3, -0.25) is 14.4 Å². The Hall–Kier alpha value is -2.37. The number of hydrogen-bond acceptors (Lipinski definition) is 3. The largest absolute Gasteiger partial charge is 0.344 e. The second-order valence-corrected chi connectivity index (χ2v) is 7.39. The van der Waals surface area contributed by atoms with E-state index in [0.717, 1.165) is 19.3 Å². The van der Waals surface area contributed by atoms with Gasteiger partial charge in [0, 0.05) is 39.0 Å². The SMILES string of the molecule is CCc1ccc(CCC(=O)N2CCCN(C(=O)C3CCC(=O)N3)CC2)cc1. The second kappa shape index (κ2) is 9.02. The molecule has 2 aliphatic rings. The first-order valence-electron chi connectivity index (χ1n) is 10.0. The highest BCUT2D eigenvalue weighted by Crippen LogP contribution is 2.14. The van der Waals surface area contributed by atoms with Crippen molar-refractivity contribution >= 4 is 17.7 Å². The fourth-order valence-corrected chi connectivity index (χ4v) is 3.76. The minimum Gasteiger partial charge on any atom is -0.344 e. The molecule has 2 aliphatic heterocycles. The molecule has 2 heterocycles. The van der Waals surface area contributed by atoms with E-state index in [1.165, 1.54) is 11.1 Å². The molecular weight excluding hydrogens is 342 g/mol. The molecule has 0 aromatic heterocycles. The first-order valence-corrected chi connectivity index (χ1v) is 10.0. The van der Waals surface area contributed by atoms with Crippen LogP contribution in [0, 0.1) is 0 Å². The van der Waals surface area contributed by atoms with Crippen molar-refractivity contribution in [1.82, 2.24) is 15.1 Å².